The Morgan fingerprint density at radius 3 is 2.68 bits per heavy atom. The molecular weight excluding hydrogens is 258 g/mol. The second-order valence-corrected chi connectivity index (χ2v) is 4.56. The van der Waals surface area contributed by atoms with Crippen molar-refractivity contribution in [3.63, 3.8) is 0 Å². The molecule has 0 amide bonds. The van der Waals surface area contributed by atoms with Gasteiger partial charge in [-0.3, -0.25) is 0 Å². The van der Waals surface area contributed by atoms with Gasteiger partial charge in [-0.05, 0) is 17.7 Å². The van der Waals surface area contributed by atoms with Crippen LogP contribution in [0.3, 0.4) is 0 Å². The number of aliphatic hydroxyl groups excluding tert-OH is 1. The number of hydrogen-bond donors (Lipinski definition) is 2. The van der Waals surface area contributed by atoms with E-state index in [1.807, 2.05) is 48.5 Å². The van der Waals surface area contributed by atoms with Crippen molar-refractivity contribution in [2.45, 2.75) is 13.2 Å². The van der Waals surface area contributed by atoms with Crippen molar-refractivity contribution in [2.24, 2.45) is 5.73 Å². The maximum Gasteiger partial charge on any atom is 0.125 e. The van der Waals surface area contributed by atoms with Gasteiger partial charge in [0.2, 0.25) is 0 Å². The van der Waals surface area contributed by atoms with Gasteiger partial charge < -0.3 is 15.6 Å². The van der Waals surface area contributed by atoms with Gasteiger partial charge in [0.15, 0.2) is 0 Å². The van der Waals surface area contributed by atoms with Crippen LogP contribution >= 0.6 is 12.2 Å². The average molecular weight is 273 g/mol. The Balaban J connectivity index is 2.10. The highest BCUT2D eigenvalue weighted by Gasteiger charge is 2.03. The molecule has 0 aromatic heterocycles. The quantitative estimate of drug-likeness (QED) is 0.821. The first-order valence-corrected chi connectivity index (χ1v) is 6.32. The Labute approximate surface area is 117 Å². The minimum absolute atomic E-state index is 0.0386. The summed E-state index contributed by atoms with van der Waals surface area (Å²) >= 11 is 4.94. The lowest BCUT2D eigenvalue weighted by molar-refractivity contribution is 0.259. The third kappa shape index (κ3) is 3.53. The van der Waals surface area contributed by atoms with Crippen LogP contribution in [0.15, 0.2) is 48.5 Å². The van der Waals surface area contributed by atoms with Crippen molar-refractivity contribution in [3.05, 3.63) is 65.2 Å². The molecule has 0 radical (unpaired) electrons. The van der Waals surface area contributed by atoms with Gasteiger partial charge in [0, 0.05) is 11.1 Å². The molecule has 2 aromatic carbocycles. The Morgan fingerprint density at radius 1 is 1.16 bits per heavy atom. The fourth-order valence-electron chi connectivity index (χ4n) is 1.75. The summed E-state index contributed by atoms with van der Waals surface area (Å²) in [6, 6.07) is 15.0. The molecule has 0 aliphatic rings. The number of benzene rings is 2. The van der Waals surface area contributed by atoms with Gasteiger partial charge in [0.05, 0.1) is 6.61 Å². The fraction of sp³-hybridized carbons (Fsp3) is 0.133. The van der Waals surface area contributed by atoms with E-state index in [9.17, 15) is 5.11 Å². The molecule has 3 nitrogen and oxygen atoms in total. The zero-order valence-electron chi connectivity index (χ0n) is 10.4. The normalized spacial score (nSPS) is 10.2. The molecule has 0 saturated heterocycles. The van der Waals surface area contributed by atoms with Crippen LogP contribution in [0.1, 0.15) is 16.7 Å². The first kappa shape index (κ1) is 13.5. The highest BCUT2D eigenvalue weighted by Crippen LogP contribution is 2.19. The monoisotopic (exact) mass is 273 g/mol. The Morgan fingerprint density at radius 2 is 1.95 bits per heavy atom. The van der Waals surface area contributed by atoms with E-state index in [0.29, 0.717) is 17.3 Å². The number of thiocarbonyl (C=S) groups is 1. The molecule has 2 aromatic rings. The van der Waals surface area contributed by atoms with Crippen LogP contribution in [0.25, 0.3) is 0 Å². The maximum atomic E-state index is 9.22. The highest BCUT2D eigenvalue weighted by atomic mass is 32.1. The summed E-state index contributed by atoms with van der Waals surface area (Å²) in [6.45, 7) is 0.372. The van der Waals surface area contributed by atoms with Gasteiger partial charge in [-0.2, -0.15) is 0 Å². The lowest BCUT2D eigenvalue weighted by atomic mass is 10.1. The predicted octanol–water partition coefficient (Wildman–Crippen LogP) is 2.39. The summed E-state index contributed by atoms with van der Waals surface area (Å²) in [6.07, 6.45) is 0. The van der Waals surface area contributed by atoms with Gasteiger partial charge in [-0.25, -0.2) is 0 Å². The standard InChI is InChI=1S/C15H15NO2S/c16-15(19)12-6-3-4-11(8-12)10-18-14-7-2-1-5-13(14)9-17/h1-8,17H,9-10H2,(H2,16,19). The summed E-state index contributed by atoms with van der Waals surface area (Å²) in [7, 11) is 0. The zero-order chi connectivity index (χ0) is 13.7. The summed E-state index contributed by atoms with van der Waals surface area (Å²) in [5, 5.41) is 9.22. The number of para-hydroxylation sites is 1. The van der Waals surface area contributed by atoms with Crippen molar-refractivity contribution >= 4 is 17.2 Å². The van der Waals surface area contributed by atoms with E-state index < -0.39 is 0 Å². The van der Waals surface area contributed by atoms with Gasteiger partial charge in [0.1, 0.15) is 17.3 Å². The summed E-state index contributed by atoms with van der Waals surface area (Å²) in [4.78, 5) is 0.373. The molecule has 0 aliphatic heterocycles. The lowest BCUT2D eigenvalue weighted by Gasteiger charge is -2.10. The highest BCUT2D eigenvalue weighted by molar-refractivity contribution is 7.80. The minimum atomic E-state index is -0.0386. The van der Waals surface area contributed by atoms with Crippen LogP contribution in [-0.4, -0.2) is 10.1 Å². The molecule has 0 aliphatic carbocycles. The van der Waals surface area contributed by atoms with Crippen LogP contribution < -0.4 is 10.5 Å². The molecule has 3 N–H and O–H groups in total. The van der Waals surface area contributed by atoms with Crippen molar-refractivity contribution in [1.82, 2.24) is 0 Å². The van der Waals surface area contributed by atoms with Crippen LogP contribution in [-0.2, 0) is 13.2 Å². The van der Waals surface area contributed by atoms with Gasteiger partial charge >= 0.3 is 0 Å². The summed E-state index contributed by atoms with van der Waals surface area (Å²) in [5.41, 5.74) is 8.17. The molecule has 0 fully saturated rings. The molecule has 0 heterocycles. The Bertz CT molecular complexity index is 584. The molecule has 2 rings (SSSR count). The van der Waals surface area contributed by atoms with E-state index in [2.05, 4.69) is 0 Å². The molecule has 98 valence electrons. The molecule has 0 spiro atoms. The second kappa shape index (κ2) is 6.31. The lowest BCUT2D eigenvalue weighted by Crippen LogP contribution is -2.09. The third-order valence-corrected chi connectivity index (χ3v) is 2.98. The zero-order valence-corrected chi connectivity index (χ0v) is 11.2. The first-order valence-electron chi connectivity index (χ1n) is 5.91. The Kier molecular flexibility index (Phi) is 4.49. The molecule has 0 saturated carbocycles. The molecule has 19 heavy (non-hydrogen) atoms. The molecule has 0 unspecified atom stereocenters. The number of rotatable bonds is 5. The van der Waals surface area contributed by atoms with Crippen LogP contribution in [0.2, 0.25) is 0 Å². The number of nitrogens with two attached hydrogens (primary N) is 1. The van der Waals surface area contributed by atoms with Gasteiger partial charge in [-0.1, -0.05) is 48.6 Å². The van der Waals surface area contributed by atoms with E-state index in [-0.39, 0.29) is 6.61 Å². The van der Waals surface area contributed by atoms with Crippen molar-refractivity contribution < 1.29 is 9.84 Å². The molecule has 0 bridgehead atoms. The predicted molar refractivity (Wildman–Crippen MR) is 79.0 cm³/mol. The first-order chi connectivity index (χ1) is 9.20. The average Bonchev–Trinajstić information content (AvgIpc) is 2.45. The molecular formula is C15H15NO2S. The second-order valence-electron chi connectivity index (χ2n) is 4.12. The fourth-order valence-corrected chi connectivity index (χ4v) is 1.88. The van der Waals surface area contributed by atoms with Crippen molar-refractivity contribution in [1.29, 1.82) is 0 Å². The smallest absolute Gasteiger partial charge is 0.125 e. The van der Waals surface area contributed by atoms with E-state index >= 15 is 0 Å². The van der Waals surface area contributed by atoms with Gasteiger partial charge in [0.25, 0.3) is 0 Å². The summed E-state index contributed by atoms with van der Waals surface area (Å²) < 4.78 is 5.70. The topological polar surface area (TPSA) is 55.5 Å². The molecule has 0 atom stereocenters. The van der Waals surface area contributed by atoms with Crippen molar-refractivity contribution in [3.8, 4) is 5.75 Å². The maximum absolute atomic E-state index is 9.22. The number of aliphatic hydroxyl groups is 1. The van der Waals surface area contributed by atoms with Crippen LogP contribution in [0.5, 0.6) is 5.75 Å². The van der Waals surface area contributed by atoms with Crippen molar-refractivity contribution in [2.75, 3.05) is 0 Å². The number of ether oxygens (including phenoxy) is 1. The van der Waals surface area contributed by atoms with E-state index in [1.165, 1.54) is 0 Å². The van der Waals surface area contributed by atoms with Crippen LogP contribution in [0.4, 0.5) is 0 Å². The van der Waals surface area contributed by atoms with Gasteiger partial charge in [-0.15, -0.1) is 0 Å². The Hall–Kier alpha value is -1.91. The number of hydrogen-bond acceptors (Lipinski definition) is 3. The minimum Gasteiger partial charge on any atom is -0.489 e. The van der Waals surface area contributed by atoms with E-state index in [1.54, 1.807) is 0 Å². The summed E-state index contributed by atoms with van der Waals surface area (Å²) in [5.74, 6) is 0.686. The van der Waals surface area contributed by atoms with E-state index in [4.69, 9.17) is 22.7 Å². The molecule has 4 heteroatoms. The third-order valence-electron chi connectivity index (χ3n) is 2.75. The van der Waals surface area contributed by atoms with Crippen LogP contribution in [0, 0.1) is 0 Å². The largest absolute Gasteiger partial charge is 0.489 e. The van der Waals surface area contributed by atoms with E-state index in [0.717, 1.165) is 16.7 Å². The SMILES string of the molecule is NC(=S)c1cccc(COc2ccccc2CO)c1.